The highest BCUT2D eigenvalue weighted by atomic mass is 35.5. The molecule has 1 nitrogen and oxygen atoms in total. The van der Waals surface area contributed by atoms with Crippen molar-refractivity contribution >= 4 is 23.2 Å². The summed E-state index contributed by atoms with van der Waals surface area (Å²) in [6, 6.07) is 5.69. The summed E-state index contributed by atoms with van der Waals surface area (Å²) in [5.74, 6) is 6.00. The molecule has 0 fully saturated rings. The van der Waals surface area contributed by atoms with Gasteiger partial charge in [-0.15, -0.1) is 11.8 Å². The highest BCUT2D eigenvalue weighted by Crippen LogP contribution is 2.28. The van der Waals surface area contributed by atoms with Crippen LogP contribution in [0.4, 0.5) is 0 Å². The molecule has 0 bridgehead atoms. The van der Waals surface area contributed by atoms with Gasteiger partial charge in [-0.05, 0) is 43.7 Å². The third kappa shape index (κ3) is 4.60. The molecule has 0 aliphatic carbocycles. The lowest BCUT2D eigenvalue weighted by Gasteiger charge is -2.18. The third-order valence-electron chi connectivity index (χ3n) is 2.46. The second-order valence-corrected chi connectivity index (χ2v) is 4.65. The second-order valence-electron chi connectivity index (χ2n) is 3.80. The first-order valence-corrected chi connectivity index (χ1v) is 6.52. The lowest BCUT2D eigenvalue weighted by Crippen LogP contribution is -2.22. The second kappa shape index (κ2) is 7.61. The minimum atomic E-state index is 0.147. The van der Waals surface area contributed by atoms with Crippen LogP contribution in [0.5, 0.6) is 0 Å². The van der Waals surface area contributed by atoms with E-state index in [-0.39, 0.29) is 6.04 Å². The Morgan fingerprint density at radius 3 is 2.76 bits per heavy atom. The topological polar surface area (TPSA) is 12.0 Å². The van der Waals surface area contributed by atoms with E-state index in [4.69, 9.17) is 23.2 Å². The molecule has 3 heteroatoms. The van der Waals surface area contributed by atoms with Crippen LogP contribution in [0.2, 0.25) is 10.0 Å². The van der Waals surface area contributed by atoms with Crippen molar-refractivity contribution in [3.8, 4) is 11.8 Å². The van der Waals surface area contributed by atoms with Gasteiger partial charge in [0.05, 0.1) is 0 Å². The van der Waals surface area contributed by atoms with E-state index >= 15 is 0 Å². The molecule has 0 radical (unpaired) electrons. The van der Waals surface area contributed by atoms with E-state index in [0.29, 0.717) is 5.02 Å². The number of halogens is 2. The number of benzene rings is 1. The van der Waals surface area contributed by atoms with E-state index < -0.39 is 0 Å². The first-order chi connectivity index (χ1) is 8.19. The van der Waals surface area contributed by atoms with Gasteiger partial charge in [0, 0.05) is 22.5 Å². The highest BCUT2D eigenvalue weighted by Gasteiger charge is 2.13. The summed E-state index contributed by atoms with van der Waals surface area (Å²) >= 11 is 12.2. The number of rotatable bonds is 5. The van der Waals surface area contributed by atoms with Gasteiger partial charge in [-0.25, -0.2) is 0 Å². The molecule has 0 aliphatic rings. The maximum atomic E-state index is 6.20. The Balaban J connectivity index is 2.92. The SMILES string of the molecule is CC#CCC(NCCC)c1cc(Cl)ccc1Cl. The maximum Gasteiger partial charge on any atom is 0.0455 e. The average molecular weight is 270 g/mol. The quantitative estimate of drug-likeness (QED) is 0.779. The van der Waals surface area contributed by atoms with Gasteiger partial charge in [-0.3, -0.25) is 0 Å². The monoisotopic (exact) mass is 269 g/mol. The van der Waals surface area contributed by atoms with E-state index in [1.165, 1.54) is 0 Å². The van der Waals surface area contributed by atoms with Crippen molar-refractivity contribution in [1.82, 2.24) is 5.32 Å². The average Bonchev–Trinajstić information content (AvgIpc) is 2.33. The molecular weight excluding hydrogens is 253 g/mol. The van der Waals surface area contributed by atoms with Gasteiger partial charge >= 0.3 is 0 Å². The smallest absolute Gasteiger partial charge is 0.0455 e. The molecule has 1 aromatic carbocycles. The fourth-order valence-corrected chi connectivity index (χ4v) is 2.03. The number of hydrogen-bond donors (Lipinski definition) is 1. The van der Waals surface area contributed by atoms with Crippen molar-refractivity contribution in [3.63, 3.8) is 0 Å². The van der Waals surface area contributed by atoms with Crippen molar-refractivity contribution in [2.24, 2.45) is 0 Å². The predicted octanol–water partition coefficient (Wildman–Crippen LogP) is 4.45. The van der Waals surface area contributed by atoms with Crippen LogP contribution >= 0.6 is 23.2 Å². The van der Waals surface area contributed by atoms with Crippen LogP contribution in [0.15, 0.2) is 18.2 Å². The van der Waals surface area contributed by atoms with Crippen molar-refractivity contribution in [2.75, 3.05) is 6.54 Å². The van der Waals surface area contributed by atoms with Gasteiger partial charge in [0.1, 0.15) is 0 Å². The van der Waals surface area contributed by atoms with E-state index in [1.807, 2.05) is 19.1 Å². The van der Waals surface area contributed by atoms with Crippen LogP contribution < -0.4 is 5.32 Å². The summed E-state index contributed by atoms with van der Waals surface area (Å²) in [6.45, 7) is 4.92. The molecule has 92 valence electrons. The fraction of sp³-hybridized carbons (Fsp3) is 0.429. The minimum absolute atomic E-state index is 0.147. The summed E-state index contributed by atoms with van der Waals surface area (Å²) in [5.41, 5.74) is 1.02. The zero-order valence-electron chi connectivity index (χ0n) is 10.2. The first kappa shape index (κ1) is 14.4. The van der Waals surface area contributed by atoms with Crippen LogP contribution in [0.25, 0.3) is 0 Å². The lowest BCUT2D eigenvalue weighted by molar-refractivity contribution is 0.542. The van der Waals surface area contributed by atoms with Gasteiger partial charge in [-0.1, -0.05) is 30.1 Å². The Hall–Kier alpha value is -0.680. The molecule has 1 rings (SSSR count). The molecule has 1 aromatic rings. The molecule has 0 saturated heterocycles. The van der Waals surface area contributed by atoms with Gasteiger partial charge < -0.3 is 5.32 Å². The van der Waals surface area contributed by atoms with E-state index in [2.05, 4.69) is 24.1 Å². The highest BCUT2D eigenvalue weighted by molar-refractivity contribution is 6.33. The van der Waals surface area contributed by atoms with Gasteiger partial charge in [0.15, 0.2) is 0 Å². The normalized spacial score (nSPS) is 11.8. The molecule has 0 heterocycles. The summed E-state index contributed by atoms with van der Waals surface area (Å²) in [5, 5.41) is 4.89. The van der Waals surface area contributed by atoms with Crippen molar-refractivity contribution in [2.45, 2.75) is 32.7 Å². The molecule has 1 unspecified atom stereocenters. The summed E-state index contributed by atoms with van der Waals surface area (Å²) < 4.78 is 0. The predicted molar refractivity (Wildman–Crippen MR) is 75.6 cm³/mol. The Kier molecular flexibility index (Phi) is 6.44. The maximum absolute atomic E-state index is 6.20. The zero-order valence-corrected chi connectivity index (χ0v) is 11.7. The summed E-state index contributed by atoms with van der Waals surface area (Å²) in [4.78, 5) is 0. The van der Waals surface area contributed by atoms with Crippen LogP contribution in [0.1, 0.15) is 38.3 Å². The van der Waals surface area contributed by atoms with Gasteiger partial charge in [0.2, 0.25) is 0 Å². The molecule has 1 N–H and O–H groups in total. The minimum Gasteiger partial charge on any atom is -0.309 e. The molecule has 0 amide bonds. The Bertz CT molecular complexity index is 418. The number of hydrogen-bond acceptors (Lipinski definition) is 1. The molecule has 0 aliphatic heterocycles. The third-order valence-corrected chi connectivity index (χ3v) is 3.04. The largest absolute Gasteiger partial charge is 0.309 e. The Morgan fingerprint density at radius 1 is 1.35 bits per heavy atom. The van der Waals surface area contributed by atoms with Crippen molar-refractivity contribution < 1.29 is 0 Å². The van der Waals surface area contributed by atoms with Crippen molar-refractivity contribution in [3.05, 3.63) is 33.8 Å². The van der Waals surface area contributed by atoms with Crippen LogP contribution in [-0.4, -0.2) is 6.54 Å². The van der Waals surface area contributed by atoms with Gasteiger partial charge in [0.25, 0.3) is 0 Å². The molecule has 0 aromatic heterocycles. The van der Waals surface area contributed by atoms with Crippen LogP contribution in [-0.2, 0) is 0 Å². The Morgan fingerprint density at radius 2 is 2.12 bits per heavy atom. The van der Waals surface area contributed by atoms with E-state index in [0.717, 1.165) is 30.0 Å². The standard InChI is InChI=1S/C14H17Cl2N/c1-3-5-6-14(17-9-4-2)12-10-11(15)7-8-13(12)16/h7-8,10,14,17H,4,6,9H2,1-2H3. The first-order valence-electron chi connectivity index (χ1n) is 5.77. The van der Waals surface area contributed by atoms with Gasteiger partial charge in [-0.2, -0.15) is 0 Å². The van der Waals surface area contributed by atoms with E-state index in [9.17, 15) is 0 Å². The van der Waals surface area contributed by atoms with E-state index in [1.54, 1.807) is 6.07 Å². The number of nitrogens with one attached hydrogen (secondary N) is 1. The fourth-order valence-electron chi connectivity index (χ4n) is 1.60. The molecule has 0 saturated carbocycles. The molecular formula is C14H17Cl2N. The van der Waals surface area contributed by atoms with Crippen LogP contribution in [0.3, 0.4) is 0 Å². The zero-order chi connectivity index (χ0) is 12.7. The summed E-state index contributed by atoms with van der Waals surface area (Å²) in [6.07, 6.45) is 1.82. The molecule has 17 heavy (non-hydrogen) atoms. The Labute approximate surface area is 114 Å². The van der Waals surface area contributed by atoms with Crippen molar-refractivity contribution in [1.29, 1.82) is 0 Å². The summed E-state index contributed by atoms with van der Waals surface area (Å²) in [7, 11) is 0. The molecule has 1 atom stereocenters. The lowest BCUT2D eigenvalue weighted by atomic mass is 10.0. The van der Waals surface area contributed by atoms with Crippen LogP contribution in [0, 0.1) is 11.8 Å². The molecule has 0 spiro atoms.